The Balaban J connectivity index is 1.43. The van der Waals surface area contributed by atoms with Crippen molar-refractivity contribution in [2.45, 2.75) is 25.7 Å². The average molecular weight is 326 g/mol. The van der Waals surface area contributed by atoms with Gasteiger partial charge in [-0.05, 0) is 31.7 Å². The molecule has 0 aliphatic carbocycles. The van der Waals surface area contributed by atoms with Gasteiger partial charge in [0, 0.05) is 37.5 Å². The van der Waals surface area contributed by atoms with E-state index in [-0.39, 0.29) is 17.7 Å². The number of amides is 2. The Morgan fingerprint density at radius 2 is 1.79 bits per heavy atom. The minimum absolute atomic E-state index is 0.0249. The highest BCUT2D eigenvalue weighted by Gasteiger charge is 2.31. The highest BCUT2D eigenvalue weighted by Crippen LogP contribution is 2.24. The molecule has 6 nitrogen and oxygen atoms in total. The number of rotatable bonds is 2. The third kappa shape index (κ3) is 2.66. The van der Waals surface area contributed by atoms with E-state index in [9.17, 15) is 9.59 Å². The minimum Gasteiger partial charge on any atom is -0.342 e. The van der Waals surface area contributed by atoms with Crippen LogP contribution in [-0.4, -0.2) is 58.0 Å². The number of nitrogens with one attached hydrogen (secondary N) is 1. The van der Waals surface area contributed by atoms with E-state index in [1.165, 1.54) is 0 Å². The molecule has 24 heavy (non-hydrogen) atoms. The van der Waals surface area contributed by atoms with Crippen molar-refractivity contribution in [3.63, 3.8) is 0 Å². The van der Waals surface area contributed by atoms with Gasteiger partial charge in [-0.2, -0.15) is 5.10 Å². The maximum atomic E-state index is 12.8. The number of hydrogen-bond acceptors (Lipinski definition) is 3. The summed E-state index contributed by atoms with van der Waals surface area (Å²) >= 11 is 0. The first-order chi connectivity index (χ1) is 11.7. The van der Waals surface area contributed by atoms with Gasteiger partial charge in [-0.15, -0.1) is 0 Å². The van der Waals surface area contributed by atoms with Crippen molar-refractivity contribution in [2.75, 3.05) is 26.2 Å². The summed E-state index contributed by atoms with van der Waals surface area (Å²) in [5.41, 5.74) is 1.45. The Bertz CT molecular complexity index is 755. The van der Waals surface area contributed by atoms with E-state index in [2.05, 4.69) is 10.2 Å². The summed E-state index contributed by atoms with van der Waals surface area (Å²) in [5, 5.41) is 7.88. The Hall–Kier alpha value is -2.37. The zero-order valence-corrected chi connectivity index (χ0v) is 13.7. The molecule has 1 N–H and O–H groups in total. The number of benzene rings is 1. The van der Waals surface area contributed by atoms with Crippen LogP contribution in [0.3, 0.4) is 0 Å². The molecule has 0 bridgehead atoms. The minimum atomic E-state index is 0.0249. The molecule has 2 aliphatic rings. The summed E-state index contributed by atoms with van der Waals surface area (Å²) in [7, 11) is 0. The van der Waals surface area contributed by atoms with E-state index in [1.54, 1.807) is 6.20 Å². The number of hydrogen-bond donors (Lipinski definition) is 1. The van der Waals surface area contributed by atoms with Gasteiger partial charge < -0.3 is 9.80 Å². The topological polar surface area (TPSA) is 69.3 Å². The highest BCUT2D eigenvalue weighted by molar-refractivity contribution is 6.05. The van der Waals surface area contributed by atoms with Crippen molar-refractivity contribution >= 4 is 22.7 Å². The first-order valence-corrected chi connectivity index (χ1v) is 8.74. The summed E-state index contributed by atoms with van der Waals surface area (Å²) in [6, 6.07) is 5.66. The molecule has 126 valence electrons. The standard InChI is InChI=1S/C18H22N4O2/c23-17(21-8-1-2-9-21)13-6-10-22(11-7-13)18(24)15-5-3-4-14-12-19-20-16(14)15/h3-5,12-13H,1-2,6-11H2,(H,19,20). The predicted molar refractivity (Wildman–Crippen MR) is 90.5 cm³/mol. The smallest absolute Gasteiger partial charge is 0.256 e. The quantitative estimate of drug-likeness (QED) is 0.918. The molecule has 4 rings (SSSR count). The molecule has 2 saturated heterocycles. The fourth-order valence-electron chi connectivity index (χ4n) is 3.84. The number of likely N-dealkylation sites (tertiary alicyclic amines) is 2. The third-order valence-electron chi connectivity index (χ3n) is 5.26. The number of aromatic amines is 1. The van der Waals surface area contributed by atoms with Crippen molar-refractivity contribution in [2.24, 2.45) is 5.92 Å². The zero-order chi connectivity index (χ0) is 16.5. The molecule has 0 radical (unpaired) electrons. The van der Waals surface area contributed by atoms with Crippen LogP contribution in [0.4, 0.5) is 0 Å². The number of carbonyl (C=O) groups is 2. The Morgan fingerprint density at radius 1 is 1.04 bits per heavy atom. The van der Waals surface area contributed by atoms with Crippen molar-refractivity contribution in [1.29, 1.82) is 0 Å². The molecule has 2 aromatic rings. The lowest BCUT2D eigenvalue weighted by Gasteiger charge is -2.33. The lowest BCUT2D eigenvalue weighted by Crippen LogP contribution is -2.43. The molecular formula is C18H22N4O2. The lowest BCUT2D eigenvalue weighted by molar-refractivity contribution is -0.135. The largest absolute Gasteiger partial charge is 0.342 e. The van der Waals surface area contributed by atoms with E-state index < -0.39 is 0 Å². The average Bonchev–Trinajstić information content (AvgIpc) is 3.31. The molecule has 0 atom stereocenters. The molecular weight excluding hydrogens is 304 g/mol. The van der Waals surface area contributed by atoms with Crippen LogP contribution >= 0.6 is 0 Å². The van der Waals surface area contributed by atoms with Crippen LogP contribution in [0.5, 0.6) is 0 Å². The first-order valence-electron chi connectivity index (χ1n) is 8.74. The number of fused-ring (bicyclic) bond motifs is 1. The van der Waals surface area contributed by atoms with Crippen LogP contribution in [-0.2, 0) is 4.79 Å². The van der Waals surface area contributed by atoms with Gasteiger partial charge in [-0.25, -0.2) is 0 Å². The number of nitrogens with zero attached hydrogens (tertiary/aromatic N) is 3. The van der Waals surface area contributed by atoms with Gasteiger partial charge >= 0.3 is 0 Å². The van der Waals surface area contributed by atoms with Gasteiger partial charge in [0.2, 0.25) is 5.91 Å². The van der Waals surface area contributed by atoms with Crippen LogP contribution in [0, 0.1) is 5.92 Å². The van der Waals surface area contributed by atoms with Crippen molar-refractivity contribution in [3.05, 3.63) is 30.0 Å². The molecule has 1 aromatic heterocycles. The van der Waals surface area contributed by atoms with E-state index >= 15 is 0 Å². The number of piperidine rings is 1. The molecule has 2 aliphatic heterocycles. The Labute approximate surface area is 140 Å². The molecule has 2 fully saturated rings. The van der Waals surface area contributed by atoms with Crippen molar-refractivity contribution < 1.29 is 9.59 Å². The van der Waals surface area contributed by atoms with Gasteiger partial charge in [0.25, 0.3) is 5.91 Å². The monoisotopic (exact) mass is 326 g/mol. The summed E-state index contributed by atoms with van der Waals surface area (Å²) in [4.78, 5) is 29.2. The number of aromatic nitrogens is 2. The molecule has 1 aromatic carbocycles. The summed E-state index contributed by atoms with van der Waals surface area (Å²) < 4.78 is 0. The summed E-state index contributed by atoms with van der Waals surface area (Å²) in [5.74, 6) is 0.391. The molecule has 0 saturated carbocycles. The van der Waals surface area contributed by atoms with E-state index in [0.29, 0.717) is 18.7 Å². The summed E-state index contributed by atoms with van der Waals surface area (Å²) in [6.45, 7) is 3.10. The van der Waals surface area contributed by atoms with Crippen molar-refractivity contribution in [1.82, 2.24) is 20.0 Å². The normalized spacial score (nSPS) is 19.2. The third-order valence-corrected chi connectivity index (χ3v) is 5.26. The molecule has 0 unspecified atom stereocenters. The second-order valence-corrected chi connectivity index (χ2v) is 6.74. The second-order valence-electron chi connectivity index (χ2n) is 6.74. The number of carbonyl (C=O) groups excluding carboxylic acids is 2. The van der Waals surface area contributed by atoms with E-state index in [1.807, 2.05) is 28.0 Å². The molecule has 0 spiro atoms. The van der Waals surface area contributed by atoms with Gasteiger partial charge in [0.15, 0.2) is 0 Å². The SMILES string of the molecule is O=C(c1cccc2cn[nH]c12)N1CCC(C(=O)N2CCCC2)CC1. The van der Waals surface area contributed by atoms with Gasteiger partial charge in [0.05, 0.1) is 17.3 Å². The maximum absolute atomic E-state index is 12.8. The van der Waals surface area contributed by atoms with Crippen LogP contribution in [0.2, 0.25) is 0 Å². The number of H-pyrrole nitrogens is 1. The zero-order valence-electron chi connectivity index (χ0n) is 13.7. The highest BCUT2D eigenvalue weighted by atomic mass is 16.2. The summed E-state index contributed by atoms with van der Waals surface area (Å²) in [6.07, 6.45) is 5.50. The molecule has 3 heterocycles. The molecule has 6 heteroatoms. The van der Waals surface area contributed by atoms with E-state index in [4.69, 9.17) is 0 Å². The first kappa shape index (κ1) is 15.2. The van der Waals surface area contributed by atoms with Crippen LogP contribution in [0.25, 0.3) is 10.9 Å². The Kier molecular flexibility index (Phi) is 3.96. The van der Waals surface area contributed by atoms with Gasteiger partial charge in [0.1, 0.15) is 0 Å². The molecule has 2 amide bonds. The fourth-order valence-corrected chi connectivity index (χ4v) is 3.84. The van der Waals surface area contributed by atoms with Crippen LogP contribution in [0.1, 0.15) is 36.0 Å². The van der Waals surface area contributed by atoms with Gasteiger partial charge in [-0.3, -0.25) is 14.7 Å². The van der Waals surface area contributed by atoms with Crippen LogP contribution < -0.4 is 0 Å². The predicted octanol–water partition coefficient (Wildman–Crippen LogP) is 2.04. The maximum Gasteiger partial charge on any atom is 0.256 e. The van der Waals surface area contributed by atoms with Crippen molar-refractivity contribution in [3.8, 4) is 0 Å². The lowest BCUT2D eigenvalue weighted by atomic mass is 9.94. The Morgan fingerprint density at radius 3 is 2.54 bits per heavy atom. The van der Waals surface area contributed by atoms with E-state index in [0.717, 1.165) is 49.7 Å². The number of para-hydroxylation sites is 1. The fraction of sp³-hybridized carbons (Fsp3) is 0.500. The van der Waals surface area contributed by atoms with Crippen LogP contribution in [0.15, 0.2) is 24.4 Å². The van der Waals surface area contributed by atoms with Gasteiger partial charge in [-0.1, -0.05) is 12.1 Å². The second kappa shape index (κ2) is 6.26.